The van der Waals surface area contributed by atoms with Crippen molar-refractivity contribution in [3.8, 4) is 5.75 Å². The molecule has 0 amide bonds. The van der Waals surface area contributed by atoms with Gasteiger partial charge in [-0.05, 0) is 49.1 Å². The fraction of sp³-hybridized carbons (Fsp3) is 0.0909. The number of nitrogens with zero attached hydrogens (tertiary/aromatic N) is 2. The highest BCUT2D eigenvalue weighted by Crippen LogP contribution is 2.44. The molecule has 0 atom stereocenters. The zero-order chi connectivity index (χ0) is 25.0. The second-order valence-electron chi connectivity index (χ2n) is 7.75. The molecule has 34 heavy (non-hydrogen) atoms. The fourth-order valence-corrected chi connectivity index (χ4v) is 5.34. The third-order valence-corrected chi connectivity index (χ3v) is 7.19. The predicted molar refractivity (Wildman–Crippen MR) is 127 cm³/mol. The Morgan fingerprint density at radius 3 is 2.18 bits per heavy atom. The first kappa shape index (κ1) is 23.6. The first-order valence-corrected chi connectivity index (χ1v) is 12.6. The highest BCUT2D eigenvalue weighted by molar-refractivity contribution is 7.86. The van der Waals surface area contributed by atoms with Crippen molar-refractivity contribution in [1.82, 2.24) is 0 Å². The Kier molecular flexibility index (Phi) is 5.56. The van der Waals surface area contributed by atoms with Crippen LogP contribution in [0.1, 0.15) is 11.1 Å². The van der Waals surface area contributed by atoms with Crippen LogP contribution in [0.15, 0.2) is 68.6 Å². The van der Waals surface area contributed by atoms with E-state index in [0.29, 0.717) is 5.39 Å². The van der Waals surface area contributed by atoms with E-state index < -0.39 is 35.8 Å². The highest BCUT2D eigenvalue weighted by atomic mass is 32.2. The molecule has 176 valence electrons. The molecule has 0 aromatic heterocycles. The summed E-state index contributed by atoms with van der Waals surface area (Å²) < 4.78 is 67.2. The largest absolute Gasteiger partial charge is 0.505 e. The van der Waals surface area contributed by atoms with E-state index in [2.05, 4.69) is 10.2 Å². The van der Waals surface area contributed by atoms with Crippen molar-refractivity contribution in [3.63, 3.8) is 0 Å². The first-order chi connectivity index (χ1) is 15.8. The van der Waals surface area contributed by atoms with E-state index in [-0.39, 0.29) is 38.8 Å². The quantitative estimate of drug-likeness (QED) is 0.175. The van der Waals surface area contributed by atoms with Crippen molar-refractivity contribution in [2.24, 2.45) is 10.2 Å². The molecule has 0 aliphatic carbocycles. The van der Waals surface area contributed by atoms with Gasteiger partial charge in [-0.25, -0.2) is 0 Å². The molecule has 0 aliphatic heterocycles. The lowest BCUT2D eigenvalue weighted by Crippen LogP contribution is -2.01. The number of aromatic hydroxyl groups is 1. The first-order valence-electron chi connectivity index (χ1n) is 9.74. The molecular weight excluding hydrogens is 482 g/mol. The van der Waals surface area contributed by atoms with Gasteiger partial charge in [0.2, 0.25) is 0 Å². The van der Waals surface area contributed by atoms with E-state index in [1.807, 2.05) is 6.92 Å². The maximum atomic E-state index is 12.2. The number of nitrogen functional groups attached to an aromatic ring is 1. The van der Waals surface area contributed by atoms with Gasteiger partial charge in [0.15, 0.2) is 5.75 Å². The van der Waals surface area contributed by atoms with Crippen LogP contribution in [0.3, 0.4) is 0 Å². The zero-order valence-corrected chi connectivity index (χ0v) is 19.5. The molecule has 0 bridgehead atoms. The number of rotatable bonds is 4. The van der Waals surface area contributed by atoms with E-state index in [4.69, 9.17) is 5.73 Å². The number of phenols is 1. The summed E-state index contributed by atoms with van der Waals surface area (Å²) in [5, 5.41) is 19.5. The van der Waals surface area contributed by atoms with Gasteiger partial charge in [-0.2, -0.15) is 16.8 Å². The number of hydrogen-bond acceptors (Lipinski definition) is 8. The van der Waals surface area contributed by atoms with Crippen molar-refractivity contribution in [3.05, 3.63) is 59.7 Å². The van der Waals surface area contributed by atoms with Gasteiger partial charge in [0.05, 0.1) is 5.39 Å². The highest BCUT2D eigenvalue weighted by Gasteiger charge is 2.22. The lowest BCUT2D eigenvalue weighted by atomic mass is 10.0. The summed E-state index contributed by atoms with van der Waals surface area (Å²) in [6, 6.07) is 11.7. The average Bonchev–Trinajstić information content (AvgIpc) is 2.71. The van der Waals surface area contributed by atoms with Crippen LogP contribution >= 0.6 is 0 Å². The second kappa shape index (κ2) is 8.02. The Labute approximate surface area is 194 Å². The maximum absolute atomic E-state index is 12.2. The molecule has 4 rings (SSSR count). The van der Waals surface area contributed by atoms with Crippen molar-refractivity contribution >= 4 is 58.8 Å². The lowest BCUT2D eigenvalue weighted by molar-refractivity contribution is 0.481. The van der Waals surface area contributed by atoms with E-state index in [1.54, 1.807) is 24.3 Å². The van der Waals surface area contributed by atoms with E-state index in [1.165, 1.54) is 25.1 Å². The summed E-state index contributed by atoms with van der Waals surface area (Å²) >= 11 is 0. The number of benzene rings is 4. The fourth-order valence-electron chi connectivity index (χ4n) is 3.83. The SMILES string of the molecule is Cc1ccc2c(S(=O)(=O)O)c(N=Nc3c(C)cc4c(S(=O)(=O)O)ccc(N)c4c3O)ccc2c1. The summed E-state index contributed by atoms with van der Waals surface area (Å²) in [4.78, 5) is -0.892. The molecule has 0 unspecified atom stereocenters. The normalized spacial score (nSPS) is 12.7. The molecule has 0 saturated heterocycles. The molecule has 0 saturated carbocycles. The third kappa shape index (κ3) is 4.07. The van der Waals surface area contributed by atoms with Gasteiger partial charge in [-0.15, -0.1) is 10.2 Å². The summed E-state index contributed by atoms with van der Waals surface area (Å²) in [5.41, 5.74) is 6.85. The monoisotopic (exact) mass is 501 g/mol. The molecule has 12 heteroatoms. The lowest BCUT2D eigenvalue weighted by Gasteiger charge is -2.12. The summed E-state index contributed by atoms with van der Waals surface area (Å²) in [6.07, 6.45) is 0. The number of anilines is 1. The van der Waals surface area contributed by atoms with Gasteiger partial charge in [0.1, 0.15) is 21.2 Å². The molecule has 0 heterocycles. The van der Waals surface area contributed by atoms with Gasteiger partial charge < -0.3 is 10.8 Å². The van der Waals surface area contributed by atoms with Crippen LogP contribution in [0.5, 0.6) is 5.75 Å². The van der Waals surface area contributed by atoms with Gasteiger partial charge in [-0.3, -0.25) is 9.11 Å². The van der Waals surface area contributed by atoms with Crippen LogP contribution in [0.25, 0.3) is 21.5 Å². The minimum Gasteiger partial charge on any atom is -0.505 e. The zero-order valence-electron chi connectivity index (χ0n) is 17.9. The molecule has 0 radical (unpaired) electrons. The number of aryl methyl sites for hydroxylation is 2. The molecule has 10 nitrogen and oxygen atoms in total. The number of phenolic OH excluding ortho intramolecular Hbond substituents is 1. The maximum Gasteiger partial charge on any atom is 0.297 e. The minimum atomic E-state index is -4.69. The van der Waals surface area contributed by atoms with E-state index in [0.717, 1.165) is 11.6 Å². The number of fused-ring (bicyclic) bond motifs is 2. The number of hydrogen-bond donors (Lipinski definition) is 4. The Hall–Kier alpha value is -3.58. The van der Waals surface area contributed by atoms with Crippen molar-refractivity contribution in [1.29, 1.82) is 0 Å². The van der Waals surface area contributed by atoms with Crippen molar-refractivity contribution < 1.29 is 31.0 Å². The summed E-state index contributed by atoms with van der Waals surface area (Å²) in [6.45, 7) is 3.35. The molecular formula is C22H19N3O7S2. The van der Waals surface area contributed by atoms with Crippen molar-refractivity contribution in [2.75, 3.05) is 5.73 Å². The van der Waals surface area contributed by atoms with E-state index >= 15 is 0 Å². The Morgan fingerprint density at radius 2 is 1.53 bits per heavy atom. The van der Waals surface area contributed by atoms with Crippen LogP contribution in [0.4, 0.5) is 17.1 Å². The summed E-state index contributed by atoms with van der Waals surface area (Å²) in [7, 11) is -9.30. The average molecular weight is 502 g/mol. The van der Waals surface area contributed by atoms with Crippen LogP contribution in [0, 0.1) is 13.8 Å². The molecule has 5 N–H and O–H groups in total. The topological polar surface area (TPSA) is 180 Å². The molecule has 4 aromatic rings. The van der Waals surface area contributed by atoms with Crippen LogP contribution in [-0.2, 0) is 20.2 Å². The van der Waals surface area contributed by atoms with Crippen LogP contribution < -0.4 is 5.73 Å². The van der Waals surface area contributed by atoms with E-state index in [9.17, 15) is 31.0 Å². The minimum absolute atomic E-state index is 0.0175. The third-order valence-electron chi connectivity index (χ3n) is 5.33. The Bertz CT molecular complexity index is 1750. The second-order valence-corrected chi connectivity index (χ2v) is 10.5. The molecule has 0 spiro atoms. The Balaban J connectivity index is 1.97. The predicted octanol–water partition coefficient (Wildman–Crippen LogP) is 4.81. The van der Waals surface area contributed by atoms with Gasteiger partial charge >= 0.3 is 0 Å². The van der Waals surface area contributed by atoms with Gasteiger partial charge in [0, 0.05) is 16.5 Å². The van der Waals surface area contributed by atoms with Crippen LogP contribution in [-0.4, -0.2) is 31.0 Å². The molecule has 0 fully saturated rings. The van der Waals surface area contributed by atoms with Gasteiger partial charge in [-0.1, -0.05) is 29.8 Å². The number of azo groups is 1. The van der Waals surface area contributed by atoms with Crippen molar-refractivity contribution in [2.45, 2.75) is 23.6 Å². The van der Waals surface area contributed by atoms with Gasteiger partial charge in [0.25, 0.3) is 20.2 Å². The molecule has 4 aromatic carbocycles. The smallest absolute Gasteiger partial charge is 0.297 e. The van der Waals surface area contributed by atoms with Crippen LogP contribution in [0.2, 0.25) is 0 Å². The molecule has 0 aliphatic rings. The number of nitrogens with two attached hydrogens (primary N) is 1. The Morgan fingerprint density at radius 1 is 0.824 bits per heavy atom. The summed E-state index contributed by atoms with van der Waals surface area (Å²) in [5.74, 6) is -0.508. The standard InChI is InChI=1S/C22H19N3O7S2/c1-11-3-5-14-13(9-11)4-7-17(22(14)34(30,31)32)24-25-20-12(2)10-15-18(33(27,28)29)8-6-16(23)19(15)21(20)26/h3-10,26H,23H2,1-2H3,(H,27,28,29)(H,30,31,32).